The van der Waals surface area contributed by atoms with Crippen molar-refractivity contribution in [1.82, 2.24) is 10.3 Å². The van der Waals surface area contributed by atoms with E-state index in [1.54, 1.807) is 6.07 Å². The summed E-state index contributed by atoms with van der Waals surface area (Å²) in [6, 6.07) is 3.10. The van der Waals surface area contributed by atoms with E-state index < -0.39 is 5.91 Å². The number of hydrogen-bond acceptors (Lipinski definition) is 5. The zero-order chi connectivity index (χ0) is 16.1. The Morgan fingerprint density at radius 1 is 1.17 bits per heavy atom. The van der Waals surface area contributed by atoms with Crippen LogP contribution >= 0.6 is 0 Å². The van der Waals surface area contributed by atoms with E-state index in [1.165, 1.54) is 37.9 Å². The number of hydrogen-bond donors (Lipinski definition) is 2. The molecule has 7 nitrogen and oxygen atoms in total. The molecule has 0 saturated heterocycles. The highest BCUT2D eigenvalue weighted by atomic mass is 16.4. The van der Waals surface area contributed by atoms with Crippen LogP contribution < -0.4 is 10.6 Å². The van der Waals surface area contributed by atoms with Crippen LogP contribution in [-0.4, -0.2) is 23.3 Å². The third-order valence-corrected chi connectivity index (χ3v) is 3.98. The highest BCUT2D eigenvalue weighted by Gasteiger charge is 2.18. The van der Waals surface area contributed by atoms with Gasteiger partial charge in [0.1, 0.15) is 6.26 Å². The first-order valence-corrected chi connectivity index (χ1v) is 7.81. The molecule has 2 aromatic heterocycles. The fourth-order valence-corrected chi connectivity index (χ4v) is 2.72. The molecule has 0 bridgehead atoms. The van der Waals surface area contributed by atoms with E-state index in [0.29, 0.717) is 12.5 Å². The van der Waals surface area contributed by atoms with E-state index in [2.05, 4.69) is 15.6 Å². The van der Waals surface area contributed by atoms with Crippen LogP contribution in [0.2, 0.25) is 0 Å². The predicted octanol–water partition coefficient (Wildman–Crippen LogP) is 2.83. The second-order valence-electron chi connectivity index (χ2n) is 5.68. The van der Waals surface area contributed by atoms with Crippen molar-refractivity contribution in [3.8, 4) is 0 Å². The van der Waals surface area contributed by atoms with Crippen LogP contribution in [0.3, 0.4) is 0 Å². The van der Waals surface area contributed by atoms with Crippen LogP contribution in [-0.2, 0) is 0 Å². The number of rotatable bonds is 5. The van der Waals surface area contributed by atoms with Crippen molar-refractivity contribution in [2.24, 2.45) is 5.92 Å². The van der Waals surface area contributed by atoms with Crippen molar-refractivity contribution < 1.29 is 18.4 Å². The monoisotopic (exact) mass is 317 g/mol. The summed E-state index contributed by atoms with van der Waals surface area (Å²) in [5.74, 6) is -0.0898. The molecule has 1 fully saturated rings. The Hall–Kier alpha value is -2.57. The molecule has 3 rings (SSSR count). The Bertz CT molecular complexity index is 657. The predicted molar refractivity (Wildman–Crippen MR) is 82.1 cm³/mol. The normalized spacial score (nSPS) is 15.3. The number of anilines is 1. The number of nitrogens with one attached hydrogen (secondary N) is 2. The topological polar surface area (TPSA) is 97.4 Å². The van der Waals surface area contributed by atoms with Gasteiger partial charge in [-0.15, -0.1) is 0 Å². The maximum Gasteiger partial charge on any atom is 0.302 e. The number of furan rings is 1. The Kier molecular flexibility index (Phi) is 4.75. The van der Waals surface area contributed by atoms with E-state index >= 15 is 0 Å². The van der Waals surface area contributed by atoms with Gasteiger partial charge in [-0.1, -0.05) is 19.3 Å². The van der Waals surface area contributed by atoms with Gasteiger partial charge in [-0.2, -0.15) is 4.98 Å². The molecule has 2 N–H and O–H groups in total. The largest absolute Gasteiger partial charge is 0.459 e. The van der Waals surface area contributed by atoms with Crippen LogP contribution in [0.25, 0.3) is 0 Å². The Morgan fingerprint density at radius 3 is 2.74 bits per heavy atom. The Labute approximate surface area is 133 Å². The molecule has 2 heterocycles. The Morgan fingerprint density at radius 2 is 2.00 bits per heavy atom. The smallest absolute Gasteiger partial charge is 0.302 e. The van der Waals surface area contributed by atoms with Crippen LogP contribution in [0.4, 0.5) is 6.01 Å². The average Bonchev–Trinajstić information content (AvgIpc) is 3.25. The van der Waals surface area contributed by atoms with E-state index in [-0.39, 0.29) is 23.4 Å². The summed E-state index contributed by atoms with van der Waals surface area (Å²) in [6.07, 6.45) is 8.68. The van der Waals surface area contributed by atoms with Crippen LogP contribution in [0.1, 0.15) is 53.1 Å². The second-order valence-corrected chi connectivity index (χ2v) is 5.68. The lowest BCUT2D eigenvalue weighted by Crippen LogP contribution is -2.30. The van der Waals surface area contributed by atoms with Crippen LogP contribution in [0.5, 0.6) is 0 Å². The molecule has 0 atom stereocenters. The minimum atomic E-state index is -0.481. The quantitative estimate of drug-likeness (QED) is 0.883. The number of oxazole rings is 1. The first kappa shape index (κ1) is 15.3. The molecule has 0 radical (unpaired) electrons. The van der Waals surface area contributed by atoms with Crippen molar-refractivity contribution in [2.45, 2.75) is 32.1 Å². The van der Waals surface area contributed by atoms with Gasteiger partial charge in [-0.3, -0.25) is 14.9 Å². The maximum absolute atomic E-state index is 12.1. The zero-order valence-corrected chi connectivity index (χ0v) is 12.7. The summed E-state index contributed by atoms with van der Waals surface area (Å²) in [5.41, 5.74) is 0.149. The lowest BCUT2D eigenvalue weighted by Gasteiger charge is -2.21. The Balaban J connectivity index is 1.51. The minimum Gasteiger partial charge on any atom is -0.459 e. The molecule has 1 aliphatic carbocycles. The first-order valence-electron chi connectivity index (χ1n) is 7.81. The van der Waals surface area contributed by atoms with E-state index in [0.717, 1.165) is 12.8 Å². The van der Waals surface area contributed by atoms with Gasteiger partial charge < -0.3 is 14.2 Å². The summed E-state index contributed by atoms with van der Waals surface area (Å²) in [5, 5.41) is 5.30. The van der Waals surface area contributed by atoms with Gasteiger partial charge in [-0.25, -0.2) is 0 Å². The van der Waals surface area contributed by atoms with E-state index in [9.17, 15) is 9.59 Å². The highest BCUT2D eigenvalue weighted by molar-refractivity contribution is 6.01. The average molecular weight is 317 g/mol. The van der Waals surface area contributed by atoms with Gasteiger partial charge in [0.15, 0.2) is 11.5 Å². The highest BCUT2D eigenvalue weighted by Crippen LogP contribution is 2.22. The molecular formula is C16H19N3O4. The van der Waals surface area contributed by atoms with Crippen LogP contribution in [0.15, 0.2) is 33.5 Å². The molecule has 7 heteroatoms. The molecule has 23 heavy (non-hydrogen) atoms. The van der Waals surface area contributed by atoms with Gasteiger partial charge >= 0.3 is 6.01 Å². The molecule has 2 aromatic rings. The standard InChI is InChI=1S/C16H19N3O4/c20-14(17-9-11-5-2-1-3-6-11)12-10-23-16(18-12)19-15(21)13-7-4-8-22-13/h4,7-8,10-11H,1-3,5-6,9H2,(H,17,20)(H,18,19,21). The number of carbonyl (C=O) groups excluding carboxylic acids is 2. The maximum atomic E-state index is 12.1. The lowest BCUT2D eigenvalue weighted by molar-refractivity contribution is 0.0937. The van der Waals surface area contributed by atoms with Gasteiger partial charge in [-0.05, 0) is 30.9 Å². The summed E-state index contributed by atoms with van der Waals surface area (Å²) < 4.78 is 10.1. The van der Waals surface area contributed by atoms with Crippen molar-refractivity contribution in [1.29, 1.82) is 0 Å². The summed E-state index contributed by atoms with van der Waals surface area (Å²) in [4.78, 5) is 27.8. The van der Waals surface area contributed by atoms with Crippen molar-refractivity contribution >= 4 is 17.8 Å². The molecule has 1 saturated carbocycles. The number of carbonyl (C=O) groups is 2. The van der Waals surface area contributed by atoms with E-state index in [4.69, 9.17) is 8.83 Å². The van der Waals surface area contributed by atoms with E-state index in [1.807, 2.05) is 0 Å². The SMILES string of the molecule is O=C(NCC1CCCCC1)c1coc(NC(=O)c2ccco2)n1. The summed E-state index contributed by atoms with van der Waals surface area (Å²) in [6.45, 7) is 0.653. The summed E-state index contributed by atoms with van der Waals surface area (Å²) in [7, 11) is 0. The van der Waals surface area contributed by atoms with Crippen LogP contribution in [0, 0.1) is 5.92 Å². The number of amides is 2. The molecule has 0 aliphatic heterocycles. The van der Waals surface area contributed by atoms with Gasteiger partial charge in [0, 0.05) is 6.54 Å². The second kappa shape index (κ2) is 7.13. The number of aromatic nitrogens is 1. The van der Waals surface area contributed by atoms with Gasteiger partial charge in [0.25, 0.3) is 11.8 Å². The minimum absolute atomic E-state index is 0.0331. The van der Waals surface area contributed by atoms with Crippen molar-refractivity contribution in [2.75, 3.05) is 11.9 Å². The third-order valence-electron chi connectivity index (χ3n) is 3.98. The lowest BCUT2D eigenvalue weighted by atomic mass is 9.89. The third kappa shape index (κ3) is 4.00. The molecule has 2 amide bonds. The molecule has 122 valence electrons. The first-order chi connectivity index (χ1) is 11.2. The number of nitrogens with zero attached hydrogens (tertiary/aromatic N) is 1. The fourth-order valence-electron chi connectivity index (χ4n) is 2.72. The molecule has 0 aromatic carbocycles. The van der Waals surface area contributed by atoms with Gasteiger partial charge in [0.2, 0.25) is 0 Å². The van der Waals surface area contributed by atoms with Crippen molar-refractivity contribution in [3.05, 3.63) is 36.1 Å². The zero-order valence-electron chi connectivity index (χ0n) is 12.7. The van der Waals surface area contributed by atoms with Crippen molar-refractivity contribution in [3.63, 3.8) is 0 Å². The molecule has 0 spiro atoms. The molecule has 1 aliphatic rings. The summed E-state index contributed by atoms with van der Waals surface area (Å²) >= 11 is 0. The molecule has 0 unspecified atom stereocenters. The fraction of sp³-hybridized carbons (Fsp3) is 0.438. The molecular weight excluding hydrogens is 298 g/mol. The van der Waals surface area contributed by atoms with Gasteiger partial charge in [0.05, 0.1) is 6.26 Å².